The summed E-state index contributed by atoms with van der Waals surface area (Å²) in [6.45, 7) is 1.64. The molecule has 0 bridgehead atoms. The van der Waals surface area contributed by atoms with Gasteiger partial charge in [-0.15, -0.1) is 0 Å². The van der Waals surface area contributed by atoms with Gasteiger partial charge in [-0.25, -0.2) is 23.7 Å². The lowest BCUT2D eigenvalue weighted by atomic mass is 9.95. The maximum absolute atomic E-state index is 12.8. The second kappa shape index (κ2) is 11.8. The van der Waals surface area contributed by atoms with Crippen LogP contribution >= 0.6 is 23.4 Å². The largest absolute Gasteiger partial charge is 0.421 e. The van der Waals surface area contributed by atoms with Gasteiger partial charge in [-0.3, -0.25) is 4.79 Å². The molecule has 1 N–H and O–H groups in total. The Balaban J connectivity index is 0.000000481. The van der Waals surface area contributed by atoms with E-state index in [1.807, 2.05) is 18.8 Å². The third kappa shape index (κ3) is 7.00. The highest BCUT2D eigenvalue weighted by Crippen LogP contribution is 2.27. The number of nitrogens with one attached hydrogen (secondary N) is 1. The van der Waals surface area contributed by atoms with E-state index in [-0.39, 0.29) is 11.4 Å². The fraction of sp³-hybridized carbons (Fsp3) is 0.455. The number of nitrogens with zero attached hydrogens (tertiary/aromatic N) is 4. The summed E-state index contributed by atoms with van der Waals surface area (Å²) in [4.78, 5) is 25.7. The molecule has 34 heavy (non-hydrogen) atoms. The molecule has 0 spiro atoms. The van der Waals surface area contributed by atoms with Crippen molar-refractivity contribution in [3.8, 4) is 11.8 Å². The summed E-state index contributed by atoms with van der Waals surface area (Å²) in [6.07, 6.45) is 2.69. The highest BCUT2D eigenvalue weighted by atomic mass is 35.5. The first-order chi connectivity index (χ1) is 16.2. The molecule has 0 aromatic carbocycles. The van der Waals surface area contributed by atoms with Gasteiger partial charge in [0.05, 0.1) is 16.7 Å². The number of hydrogen-bond acceptors (Lipinski definition) is 7. The SMILES string of the molecule is COCC(F)F.Cn1c(C(=O)NC2(C)CCSCC2)nc2cnc(Oc3ccc(Cl)cn3)cc21. The fourth-order valence-electron chi connectivity index (χ4n) is 3.27. The Hall–Kier alpha value is -2.50. The normalized spacial score (nSPS) is 15.0. The summed E-state index contributed by atoms with van der Waals surface area (Å²) < 4.78 is 33.3. The van der Waals surface area contributed by atoms with Crippen LogP contribution in [0.5, 0.6) is 11.8 Å². The Labute approximate surface area is 205 Å². The average Bonchev–Trinajstić information content (AvgIpc) is 3.12. The first-order valence-corrected chi connectivity index (χ1v) is 12.0. The quantitative estimate of drug-likeness (QED) is 0.510. The predicted molar refractivity (Wildman–Crippen MR) is 128 cm³/mol. The van der Waals surface area contributed by atoms with Gasteiger partial charge in [0, 0.05) is 38.0 Å². The van der Waals surface area contributed by atoms with Crippen LogP contribution < -0.4 is 10.1 Å². The highest BCUT2D eigenvalue weighted by Gasteiger charge is 2.30. The molecule has 12 heteroatoms. The molecule has 3 aromatic rings. The molecule has 0 aliphatic carbocycles. The molecule has 1 aliphatic heterocycles. The van der Waals surface area contributed by atoms with Crippen LogP contribution in [0.15, 0.2) is 30.6 Å². The number of aromatic nitrogens is 4. The first-order valence-electron chi connectivity index (χ1n) is 10.5. The minimum absolute atomic E-state index is 0.171. The molecule has 1 aliphatic rings. The Morgan fingerprint density at radius 1 is 1.26 bits per heavy atom. The van der Waals surface area contributed by atoms with E-state index in [2.05, 4.69) is 31.9 Å². The molecule has 0 atom stereocenters. The number of halogens is 3. The Morgan fingerprint density at radius 2 is 1.97 bits per heavy atom. The molecular weight excluding hydrogens is 488 g/mol. The van der Waals surface area contributed by atoms with Crippen molar-refractivity contribution in [2.24, 2.45) is 7.05 Å². The fourth-order valence-corrected chi connectivity index (χ4v) is 4.77. The van der Waals surface area contributed by atoms with Crippen LogP contribution in [-0.4, -0.2) is 62.6 Å². The number of hydrogen-bond donors (Lipinski definition) is 1. The minimum atomic E-state index is -2.32. The van der Waals surface area contributed by atoms with Gasteiger partial charge in [0.15, 0.2) is 5.82 Å². The zero-order valence-corrected chi connectivity index (χ0v) is 20.6. The van der Waals surface area contributed by atoms with E-state index in [9.17, 15) is 13.6 Å². The standard InChI is InChI=1S/C19H20ClN5O2S.C3H6F2O/c1-19(5-7-28-8-6-19)24-18(26)17-23-13-11-22-16(9-14(13)25(17)2)27-15-4-3-12(20)10-21-15;1-6-2-3(4)5/h3-4,9-11H,5-8H2,1-2H3,(H,24,26);3H,2H2,1H3. The number of carbonyl (C=O) groups is 1. The van der Waals surface area contributed by atoms with Crippen LogP contribution in [0.2, 0.25) is 5.02 Å². The summed E-state index contributed by atoms with van der Waals surface area (Å²) in [7, 11) is 3.06. The number of imidazole rings is 1. The Bertz CT molecular complexity index is 1110. The number of thioether (sulfide) groups is 1. The predicted octanol–water partition coefficient (Wildman–Crippen LogP) is 4.72. The zero-order valence-electron chi connectivity index (χ0n) is 19.1. The maximum Gasteiger partial charge on any atom is 0.287 e. The molecule has 1 amide bonds. The van der Waals surface area contributed by atoms with Crippen molar-refractivity contribution in [2.75, 3.05) is 25.2 Å². The summed E-state index contributed by atoms with van der Waals surface area (Å²) >= 11 is 7.76. The maximum atomic E-state index is 12.8. The molecular formula is C22H26ClF2N5O3S. The third-order valence-electron chi connectivity index (χ3n) is 5.16. The number of rotatable bonds is 6. The molecule has 0 saturated carbocycles. The first kappa shape index (κ1) is 26.1. The van der Waals surface area contributed by atoms with Crippen LogP contribution in [-0.2, 0) is 11.8 Å². The molecule has 4 rings (SSSR count). The lowest BCUT2D eigenvalue weighted by Gasteiger charge is -2.34. The number of alkyl halides is 2. The monoisotopic (exact) mass is 513 g/mol. The van der Waals surface area contributed by atoms with E-state index in [4.69, 9.17) is 16.3 Å². The van der Waals surface area contributed by atoms with Crippen molar-refractivity contribution in [2.45, 2.75) is 31.7 Å². The van der Waals surface area contributed by atoms with Crippen molar-refractivity contribution < 1.29 is 23.0 Å². The summed E-state index contributed by atoms with van der Waals surface area (Å²) in [5, 5.41) is 3.69. The molecule has 8 nitrogen and oxygen atoms in total. The molecule has 0 unspecified atom stereocenters. The van der Waals surface area contributed by atoms with E-state index in [1.165, 1.54) is 13.3 Å². The minimum Gasteiger partial charge on any atom is -0.421 e. The van der Waals surface area contributed by atoms with Crippen LogP contribution in [0.1, 0.15) is 30.4 Å². The van der Waals surface area contributed by atoms with E-state index in [1.54, 1.807) is 29.0 Å². The third-order valence-corrected chi connectivity index (χ3v) is 6.37. The van der Waals surface area contributed by atoms with Gasteiger partial charge < -0.3 is 19.4 Å². The molecule has 1 fully saturated rings. The van der Waals surface area contributed by atoms with Crippen molar-refractivity contribution in [1.82, 2.24) is 24.8 Å². The van der Waals surface area contributed by atoms with E-state index < -0.39 is 13.0 Å². The van der Waals surface area contributed by atoms with Gasteiger partial charge >= 0.3 is 0 Å². The molecule has 0 radical (unpaired) electrons. The second-order valence-corrected chi connectivity index (χ2v) is 9.56. The topological polar surface area (TPSA) is 91.2 Å². The van der Waals surface area contributed by atoms with Gasteiger partial charge in [0.1, 0.15) is 12.1 Å². The molecule has 184 valence electrons. The number of aryl methyl sites for hydroxylation is 1. The van der Waals surface area contributed by atoms with Crippen LogP contribution in [0, 0.1) is 0 Å². The van der Waals surface area contributed by atoms with Crippen LogP contribution in [0.3, 0.4) is 0 Å². The highest BCUT2D eigenvalue weighted by molar-refractivity contribution is 7.99. The molecule has 1 saturated heterocycles. The zero-order chi connectivity index (χ0) is 24.7. The lowest BCUT2D eigenvalue weighted by Crippen LogP contribution is -2.48. The van der Waals surface area contributed by atoms with Gasteiger partial charge in [-0.1, -0.05) is 11.6 Å². The number of ether oxygens (including phenoxy) is 2. The number of carbonyl (C=O) groups excluding carboxylic acids is 1. The van der Waals surface area contributed by atoms with Gasteiger partial charge in [0.25, 0.3) is 12.3 Å². The van der Waals surface area contributed by atoms with Crippen LogP contribution in [0.4, 0.5) is 8.78 Å². The smallest absolute Gasteiger partial charge is 0.287 e. The van der Waals surface area contributed by atoms with Crippen molar-refractivity contribution in [3.05, 3.63) is 41.4 Å². The van der Waals surface area contributed by atoms with Crippen molar-refractivity contribution >= 4 is 40.3 Å². The van der Waals surface area contributed by atoms with E-state index in [0.717, 1.165) is 29.9 Å². The average molecular weight is 514 g/mol. The summed E-state index contributed by atoms with van der Waals surface area (Å²) in [5.74, 6) is 3.06. The van der Waals surface area contributed by atoms with Gasteiger partial charge in [-0.2, -0.15) is 11.8 Å². The number of amides is 1. The Kier molecular flexibility index (Phi) is 9.03. The van der Waals surface area contributed by atoms with Gasteiger partial charge in [-0.05, 0) is 37.3 Å². The van der Waals surface area contributed by atoms with E-state index >= 15 is 0 Å². The van der Waals surface area contributed by atoms with Crippen LogP contribution in [0.25, 0.3) is 11.0 Å². The molecule has 3 aromatic heterocycles. The summed E-state index contributed by atoms with van der Waals surface area (Å²) in [6, 6.07) is 5.10. The van der Waals surface area contributed by atoms with E-state index in [0.29, 0.717) is 28.1 Å². The lowest BCUT2D eigenvalue weighted by molar-refractivity contribution is 0.0425. The number of pyridine rings is 2. The number of methoxy groups -OCH3 is 1. The molecule has 4 heterocycles. The summed E-state index contributed by atoms with van der Waals surface area (Å²) in [5.41, 5.74) is 1.20. The van der Waals surface area contributed by atoms with Crippen molar-refractivity contribution in [3.63, 3.8) is 0 Å². The van der Waals surface area contributed by atoms with Gasteiger partial charge in [0.2, 0.25) is 11.8 Å². The second-order valence-electron chi connectivity index (χ2n) is 7.90. The Morgan fingerprint density at radius 3 is 2.56 bits per heavy atom. The van der Waals surface area contributed by atoms with Crippen molar-refractivity contribution in [1.29, 1.82) is 0 Å². The number of fused-ring (bicyclic) bond motifs is 1.